The van der Waals surface area contributed by atoms with Gasteiger partial charge in [0.15, 0.2) is 4.77 Å². The molecule has 1 N–H and O–H groups in total. The molecule has 3 rings (SSSR count). The van der Waals surface area contributed by atoms with E-state index >= 15 is 0 Å². The van der Waals surface area contributed by atoms with Crippen LogP contribution in [-0.2, 0) is 4.74 Å². The summed E-state index contributed by atoms with van der Waals surface area (Å²) >= 11 is 5.45. The number of nitrogens with one attached hydrogen (secondary N) is 1. The Morgan fingerprint density at radius 3 is 2.80 bits per heavy atom. The number of nitrogens with zero attached hydrogens (tertiary/aromatic N) is 3. The Kier molecular flexibility index (Phi) is 4.41. The van der Waals surface area contributed by atoms with Gasteiger partial charge in [-0.3, -0.25) is 4.57 Å². The van der Waals surface area contributed by atoms with E-state index in [1.54, 1.807) is 0 Å². The van der Waals surface area contributed by atoms with Gasteiger partial charge in [0, 0.05) is 25.7 Å². The topological polar surface area (TPSA) is 46.1 Å². The number of anilines is 1. The first-order valence-corrected chi connectivity index (χ1v) is 8.24. The average Bonchev–Trinajstić information content (AvgIpc) is 3.17. The van der Waals surface area contributed by atoms with Gasteiger partial charge in [0.25, 0.3) is 0 Å². The van der Waals surface area contributed by atoms with Crippen LogP contribution in [0.1, 0.15) is 51.5 Å². The summed E-state index contributed by atoms with van der Waals surface area (Å²) in [5.74, 6) is 1.000. The Labute approximate surface area is 125 Å². The minimum atomic E-state index is 0.345. The molecule has 1 unspecified atom stereocenters. The maximum Gasteiger partial charge on any atom is 0.226 e. The number of hydrogen-bond acceptors (Lipinski definition) is 4. The molecule has 0 radical (unpaired) electrons. The number of rotatable bonds is 5. The molecule has 2 heterocycles. The minimum Gasteiger partial charge on any atom is -0.376 e. The van der Waals surface area contributed by atoms with Crippen LogP contribution >= 0.6 is 12.2 Å². The molecule has 2 fully saturated rings. The Bertz CT molecular complexity index is 486. The van der Waals surface area contributed by atoms with Crippen molar-refractivity contribution in [2.45, 2.75) is 57.6 Å². The maximum absolute atomic E-state index is 5.76. The molecule has 0 bridgehead atoms. The quantitative estimate of drug-likeness (QED) is 0.848. The highest BCUT2D eigenvalue weighted by Crippen LogP contribution is 2.32. The van der Waals surface area contributed by atoms with Crippen molar-refractivity contribution in [3.63, 3.8) is 0 Å². The molecule has 0 amide bonds. The second-order valence-electron chi connectivity index (χ2n) is 5.81. The van der Waals surface area contributed by atoms with Gasteiger partial charge in [-0.2, -0.15) is 0 Å². The summed E-state index contributed by atoms with van der Waals surface area (Å²) < 4.78 is 8.76. The zero-order valence-corrected chi connectivity index (χ0v) is 13.0. The number of likely N-dealkylation sites (N-methyl/N-ethyl adjacent to an activating group) is 1. The Balaban J connectivity index is 1.81. The van der Waals surface area contributed by atoms with Gasteiger partial charge in [-0.15, -0.1) is 5.10 Å². The molecule has 1 atom stereocenters. The summed E-state index contributed by atoms with van der Waals surface area (Å²) in [5.41, 5.74) is 0. The fourth-order valence-electron chi connectivity index (χ4n) is 3.40. The van der Waals surface area contributed by atoms with E-state index in [-0.39, 0.29) is 0 Å². The first-order chi connectivity index (χ1) is 9.79. The van der Waals surface area contributed by atoms with Gasteiger partial charge in [0.05, 0.1) is 6.10 Å². The van der Waals surface area contributed by atoms with Gasteiger partial charge < -0.3 is 9.64 Å². The Hall–Kier alpha value is -0.880. The van der Waals surface area contributed by atoms with Crippen molar-refractivity contribution in [3.05, 3.63) is 4.77 Å². The van der Waals surface area contributed by atoms with E-state index in [4.69, 9.17) is 17.0 Å². The van der Waals surface area contributed by atoms with E-state index in [9.17, 15) is 0 Å². The van der Waals surface area contributed by atoms with E-state index in [2.05, 4.69) is 26.6 Å². The fourth-order valence-corrected chi connectivity index (χ4v) is 3.67. The Morgan fingerprint density at radius 2 is 2.15 bits per heavy atom. The first-order valence-electron chi connectivity index (χ1n) is 7.83. The molecule has 1 aromatic heterocycles. The van der Waals surface area contributed by atoms with Crippen molar-refractivity contribution < 1.29 is 4.74 Å². The van der Waals surface area contributed by atoms with Gasteiger partial charge in [-0.1, -0.05) is 12.8 Å². The zero-order valence-electron chi connectivity index (χ0n) is 12.2. The van der Waals surface area contributed by atoms with E-state index in [1.165, 1.54) is 32.1 Å². The number of aromatic amines is 1. The molecule has 1 saturated heterocycles. The van der Waals surface area contributed by atoms with Crippen LogP contribution in [0.2, 0.25) is 0 Å². The monoisotopic (exact) mass is 296 g/mol. The second kappa shape index (κ2) is 6.26. The average molecular weight is 296 g/mol. The van der Waals surface area contributed by atoms with Crippen LogP contribution in [0.5, 0.6) is 0 Å². The van der Waals surface area contributed by atoms with Gasteiger partial charge in [-0.05, 0) is 44.8 Å². The number of aromatic nitrogens is 3. The van der Waals surface area contributed by atoms with Crippen LogP contribution in [0.3, 0.4) is 0 Å². The smallest absolute Gasteiger partial charge is 0.226 e. The normalized spacial score (nSPS) is 23.6. The molecule has 1 aromatic rings. The number of hydrogen-bond donors (Lipinski definition) is 1. The van der Waals surface area contributed by atoms with E-state index < -0.39 is 0 Å². The van der Waals surface area contributed by atoms with Crippen molar-refractivity contribution >= 4 is 18.2 Å². The molecule has 20 heavy (non-hydrogen) atoms. The van der Waals surface area contributed by atoms with Crippen molar-refractivity contribution in [2.75, 3.05) is 24.6 Å². The summed E-state index contributed by atoms with van der Waals surface area (Å²) in [6.45, 7) is 4.93. The molecule has 5 nitrogen and oxygen atoms in total. The summed E-state index contributed by atoms with van der Waals surface area (Å²) in [6.07, 6.45) is 7.72. The van der Waals surface area contributed by atoms with Crippen molar-refractivity contribution in [3.8, 4) is 0 Å². The first kappa shape index (κ1) is 14.1. The highest BCUT2D eigenvalue weighted by Gasteiger charge is 2.26. The molecule has 0 aromatic carbocycles. The predicted octanol–water partition coefficient (Wildman–Crippen LogP) is 3.06. The van der Waals surface area contributed by atoms with Crippen molar-refractivity contribution in [1.82, 2.24) is 14.8 Å². The van der Waals surface area contributed by atoms with Crippen LogP contribution in [0.25, 0.3) is 0 Å². The van der Waals surface area contributed by atoms with Crippen LogP contribution in [0.15, 0.2) is 0 Å². The van der Waals surface area contributed by atoms with E-state index in [0.717, 1.165) is 36.8 Å². The zero-order chi connectivity index (χ0) is 13.9. The molecule has 1 aliphatic heterocycles. The maximum atomic E-state index is 5.76. The molecular formula is C14H24N4OS. The third-order valence-corrected chi connectivity index (χ3v) is 4.78. The highest BCUT2D eigenvalue weighted by atomic mass is 32.1. The third kappa shape index (κ3) is 2.76. The molecule has 112 valence electrons. The van der Waals surface area contributed by atoms with Crippen LogP contribution in [0, 0.1) is 4.77 Å². The minimum absolute atomic E-state index is 0.345. The summed E-state index contributed by atoms with van der Waals surface area (Å²) in [5, 5.41) is 7.48. The van der Waals surface area contributed by atoms with E-state index in [1.807, 2.05) is 0 Å². The standard InChI is InChI=1S/C14H24N4OS/c1-2-17(10-12-8-5-9-19-12)13-15-16-14(20)18(13)11-6-3-4-7-11/h11-12H,2-10H2,1H3,(H,16,20). The second-order valence-corrected chi connectivity index (χ2v) is 6.20. The van der Waals surface area contributed by atoms with Crippen LogP contribution < -0.4 is 4.90 Å². The van der Waals surface area contributed by atoms with Crippen LogP contribution in [-0.4, -0.2) is 40.6 Å². The SMILES string of the molecule is CCN(CC1CCCO1)c1n[nH]c(=S)n1C1CCCC1. The van der Waals surface area contributed by atoms with Gasteiger partial charge >= 0.3 is 0 Å². The lowest BCUT2D eigenvalue weighted by atomic mass is 10.2. The van der Waals surface area contributed by atoms with Gasteiger partial charge in [0.1, 0.15) is 0 Å². The molecule has 0 spiro atoms. The molecule has 6 heteroatoms. The number of ether oxygens (including phenoxy) is 1. The number of H-pyrrole nitrogens is 1. The lowest BCUT2D eigenvalue weighted by molar-refractivity contribution is 0.115. The summed E-state index contributed by atoms with van der Waals surface area (Å²) in [7, 11) is 0. The highest BCUT2D eigenvalue weighted by molar-refractivity contribution is 7.71. The fraction of sp³-hybridized carbons (Fsp3) is 0.857. The Morgan fingerprint density at radius 1 is 1.35 bits per heavy atom. The van der Waals surface area contributed by atoms with Crippen molar-refractivity contribution in [1.29, 1.82) is 0 Å². The van der Waals surface area contributed by atoms with Gasteiger partial charge in [0.2, 0.25) is 5.95 Å². The lowest BCUT2D eigenvalue weighted by Crippen LogP contribution is -2.34. The molecule has 1 saturated carbocycles. The third-order valence-electron chi connectivity index (χ3n) is 4.49. The van der Waals surface area contributed by atoms with E-state index in [0.29, 0.717) is 12.1 Å². The molecule has 1 aliphatic carbocycles. The predicted molar refractivity (Wildman–Crippen MR) is 81.8 cm³/mol. The lowest BCUT2D eigenvalue weighted by Gasteiger charge is -2.26. The summed E-state index contributed by atoms with van der Waals surface area (Å²) in [6, 6.07) is 0.523. The largest absolute Gasteiger partial charge is 0.376 e. The van der Waals surface area contributed by atoms with Gasteiger partial charge in [-0.25, -0.2) is 5.10 Å². The molecule has 2 aliphatic rings. The van der Waals surface area contributed by atoms with Crippen molar-refractivity contribution in [2.24, 2.45) is 0 Å². The van der Waals surface area contributed by atoms with Crippen LogP contribution in [0.4, 0.5) is 5.95 Å². The molecular weight excluding hydrogens is 272 g/mol. The summed E-state index contributed by atoms with van der Waals surface area (Å²) in [4.78, 5) is 2.31.